The molecule has 18 heavy (non-hydrogen) atoms. The maximum Gasteiger partial charge on any atom is 0.179 e. The van der Waals surface area contributed by atoms with Crippen molar-refractivity contribution in [2.24, 2.45) is 5.92 Å². The summed E-state index contributed by atoms with van der Waals surface area (Å²) in [6.45, 7) is 1.69. The highest BCUT2D eigenvalue weighted by Gasteiger charge is 2.24. The monoisotopic (exact) mass is 270 g/mol. The van der Waals surface area contributed by atoms with Crippen LogP contribution >= 0.6 is 0 Å². The molecule has 0 spiro atoms. The van der Waals surface area contributed by atoms with Crippen LogP contribution in [0, 0.1) is 5.92 Å². The second-order valence-electron chi connectivity index (χ2n) is 4.71. The lowest BCUT2D eigenvalue weighted by atomic mass is 9.98. The number of anilines is 1. The minimum absolute atomic E-state index is 0.203. The molecule has 2 heterocycles. The normalized spacial score (nSPS) is 18.0. The van der Waals surface area contributed by atoms with Crippen molar-refractivity contribution in [3.05, 3.63) is 18.3 Å². The number of rotatable bonds is 3. The van der Waals surface area contributed by atoms with Crippen molar-refractivity contribution in [2.75, 3.05) is 30.9 Å². The van der Waals surface area contributed by atoms with Gasteiger partial charge in [0.15, 0.2) is 9.84 Å². The number of nitrogens with zero attached hydrogens (tertiary/aromatic N) is 2. The fraction of sp³-hybridized carbons (Fsp3) is 0.583. The Hall–Kier alpha value is -1.14. The van der Waals surface area contributed by atoms with E-state index in [9.17, 15) is 8.42 Å². The molecule has 6 heteroatoms. The van der Waals surface area contributed by atoms with E-state index < -0.39 is 9.84 Å². The average molecular weight is 270 g/mol. The molecule has 1 fully saturated rings. The van der Waals surface area contributed by atoms with Crippen molar-refractivity contribution >= 4 is 15.7 Å². The van der Waals surface area contributed by atoms with Gasteiger partial charge in [-0.05, 0) is 30.9 Å². The molecule has 1 aliphatic heterocycles. The second-order valence-corrected chi connectivity index (χ2v) is 6.69. The Labute approximate surface area is 107 Å². The van der Waals surface area contributed by atoms with E-state index >= 15 is 0 Å². The van der Waals surface area contributed by atoms with Gasteiger partial charge < -0.3 is 10.0 Å². The molecule has 1 N–H and O–H groups in total. The largest absolute Gasteiger partial charge is 0.396 e. The minimum atomic E-state index is -3.26. The van der Waals surface area contributed by atoms with E-state index in [1.54, 1.807) is 18.3 Å². The van der Waals surface area contributed by atoms with Crippen LogP contribution in [0.2, 0.25) is 0 Å². The zero-order valence-electron chi connectivity index (χ0n) is 10.4. The van der Waals surface area contributed by atoms with Crippen LogP contribution in [0.15, 0.2) is 23.2 Å². The number of sulfone groups is 1. The Bertz CT molecular complexity index is 508. The maximum atomic E-state index is 11.7. The highest BCUT2D eigenvalue weighted by Crippen LogP contribution is 2.26. The molecule has 1 aromatic heterocycles. The lowest BCUT2D eigenvalue weighted by Gasteiger charge is -2.32. The van der Waals surface area contributed by atoms with Crippen molar-refractivity contribution in [3.8, 4) is 0 Å². The van der Waals surface area contributed by atoms with Gasteiger partial charge in [-0.3, -0.25) is 0 Å². The molecule has 0 amide bonds. The molecule has 0 atom stereocenters. The van der Waals surface area contributed by atoms with Crippen LogP contribution in [0.25, 0.3) is 0 Å². The summed E-state index contributed by atoms with van der Waals surface area (Å²) in [6, 6.07) is 3.23. The zero-order chi connectivity index (χ0) is 13.2. The van der Waals surface area contributed by atoms with Gasteiger partial charge in [-0.15, -0.1) is 0 Å². The summed E-state index contributed by atoms with van der Waals surface area (Å²) in [5, 5.41) is 9.10. The SMILES string of the molecule is CS(=O)(=O)c1cccnc1N1CCC(CO)CC1. The quantitative estimate of drug-likeness (QED) is 0.875. The maximum absolute atomic E-state index is 11.7. The molecule has 2 rings (SSSR count). The molecule has 0 bridgehead atoms. The Morgan fingerprint density at radius 1 is 1.44 bits per heavy atom. The number of piperidine rings is 1. The lowest BCUT2D eigenvalue weighted by Crippen LogP contribution is -2.36. The van der Waals surface area contributed by atoms with Crippen LogP contribution in [0.1, 0.15) is 12.8 Å². The molecule has 1 aromatic rings. The average Bonchev–Trinajstić information content (AvgIpc) is 2.38. The summed E-state index contributed by atoms with van der Waals surface area (Å²) >= 11 is 0. The van der Waals surface area contributed by atoms with E-state index in [1.165, 1.54) is 6.26 Å². The third-order valence-electron chi connectivity index (χ3n) is 3.32. The van der Waals surface area contributed by atoms with Crippen LogP contribution in [0.4, 0.5) is 5.82 Å². The molecule has 0 aromatic carbocycles. The van der Waals surface area contributed by atoms with Crippen molar-refractivity contribution in [2.45, 2.75) is 17.7 Å². The van der Waals surface area contributed by atoms with Gasteiger partial charge in [-0.2, -0.15) is 0 Å². The third kappa shape index (κ3) is 2.81. The van der Waals surface area contributed by atoms with Crippen LogP contribution < -0.4 is 4.90 Å². The number of pyridine rings is 1. The van der Waals surface area contributed by atoms with E-state index in [0.717, 1.165) is 25.9 Å². The number of aliphatic hydroxyl groups excluding tert-OH is 1. The second kappa shape index (κ2) is 5.24. The highest BCUT2D eigenvalue weighted by atomic mass is 32.2. The van der Waals surface area contributed by atoms with Crippen molar-refractivity contribution < 1.29 is 13.5 Å². The first-order valence-electron chi connectivity index (χ1n) is 6.03. The first-order valence-corrected chi connectivity index (χ1v) is 7.92. The molecule has 0 radical (unpaired) electrons. The fourth-order valence-electron chi connectivity index (χ4n) is 2.24. The molecular formula is C12H18N2O3S. The molecule has 0 aliphatic carbocycles. The van der Waals surface area contributed by atoms with E-state index in [4.69, 9.17) is 5.11 Å². The predicted molar refractivity (Wildman–Crippen MR) is 69.4 cm³/mol. The predicted octanol–water partition coefficient (Wildman–Crippen LogP) is 0.694. The highest BCUT2D eigenvalue weighted by molar-refractivity contribution is 7.90. The summed E-state index contributed by atoms with van der Waals surface area (Å²) in [6.07, 6.45) is 4.56. The van der Waals surface area contributed by atoms with Crippen LogP contribution in [0.3, 0.4) is 0 Å². The minimum Gasteiger partial charge on any atom is -0.396 e. The fourth-order valence-corrected chi connectivity index (χ4v) is 3.08. The van der Waals surface area contributed by atoms with Gasteiger partial charge in [0.05, 0.1) is 0 Å². The van der Waals surface area contributed by atoms with Gasteiger partial charge in [0, 0.05) is 32.1 Å². The van der Waals surface area contributed by atoms with Crippen molar-refractivity contribution in [3.63, 3.8) is 0 Å². The smallest absolute Gasteiger partial charge is 0.179 e. The van der Waals surface area contributed by atoms with Gasteiger partial charge >= 0.3 is 0 Å². The Morgan fingerprint density at radius 2 is 2.11 bits per heavy atom. The molecule has 100 valence electrons. The number of aliphatic hydroxyl groups is 1. The topological polar surface area (TPSA) is 70.5 Å². The standard InChI is InChI=1S/C12H18N2O3S/c1-18(16,17)11-3-2-6-13-12(11)14-7-4-10(9-15)5-8-14/h2-3,6,10,15H,4-5,7-9H2,1H3. The van der Waals surface area contributed by atoms with E-state index in [-0.39, 0.29) is 11.5 Å². The zero-order valence-corrected chi connectivity index (χ0v) is 11.2. The summed E-state index contributed by atoms with van der Waals surface area (Å²) in [5.74, 6) is 0.864. The molecule has 1 saturated heterocycles. The third-order valence-corrected chi connectivity index (χ3v) is 4.44. The first kappa shape index (κ1) is 13.3. The van der Waals surface area contributed by atoms with Crippen LogP contribution in [-0.2, 0) is 9.84 Å². The van der Waals surface area contributed by atoms with E-state index in [2.05, 4.69) is 4.98 Å². The summed E-state index contributed by atoms with van der Waals surface area (Å²) in [7, 11) is -3.26. The van der Waals surface area contributed by atoms with Gasteiger partial charge in [0.1, 0.15) is 10.7 Å². The Morgan fingerprint density at radius 3 is 2.67 bits per heavy atom. The number of hydrogen-bond acceptors (Lipinski definition) is 5. The molecule has 0 unspecified atom stereocenters. The van der Waals surface area contributed by atoms with Gasteiger partial charge in [0.25, 0.3) is 0 Å². The molecule has 1 aliphatic rings. The lowest BCUT2D eigenvalue weighted by molar-refractivity contribution is 0.202. The Kier molecular flexibility index (Phi) is 3.87. The Balaban J connectivity index is 2.25. The number of hydrogen-bond donors (Lipinski definition) is 1. The van der Waals surface area contributed by atoms with Crippen molar-refractivity contribution in [1.29, 1.82) is 0 Å². The number of aromatic nitrogens is 1. The van der Waals surface area contributed by atoms with Gasteiger partial charge in [-0.1, -0.05) is 0 Å². The molecular weight excluding hydrogens is 252 g/mol. The molecule has 5 nitrogen and oxygen atoms in total. The van der Waals surface area contributed by atoms with Crippen LogP contribution in [0.5, 0.6) is 0 Å². The van der Waals surface area contributed by atoms with E-state index in [1.807, 2.05) is 4.90 Å². The summed E-state index contributed by atoms with van der Waals surface area (Å²) in [5.41, 5.74) is 0. The van der Waals surface area contributed by atoms with E-state index in [0.29, 0.717) is 11.7 Å². The summed E-state index contributed by atoms with van der Waals surface area (Å²) < 4.78 is 23.4. The van der Waals surface area contributed by atoms with Crippen LogP contribution in [-0.4, -0.2) is 44.5 Å². The molecule has 0 saturated carbocycles. The van der Waals surface area contributed by atoms with Gasteiger partial charge in [0.2, 0.25) is 0 Å². The van der Waals surface area contributed by atoms with Crippen molar-refractivity contribution in [1.82, 2.24) is 4.98 Å². The summed E-state index contributed by atoms with van der Waals surface area (Å²) in [4.78, 5) is 6.48. The first-order chi connectivity index (χ1) is 8.52. The van der Waals surface area contributed by atoms with Gasteiger partial charge in [-0.25, -0.2) is 13.4 Å².